The van der Waals surface area contributed by atoms with Crippen LogP contribution in [0.15, 0.2) is 41.3 Å². The lowest BCUT2D eigenvalue weighted by Crippen LogP contribution is -2.12. The van der Waals surface area contributed by atoms with Crippen molar-refractivity contribution in [3.05, 3.63) is 63.6 Å². The van der Waals surface area contributed by atoms with Crippen molar-refractivity contribution in [2.24, 2.45) is 0 Å². The number of pyridine rings is 1. The Balaban J connectivity index is 1.85. The molecule has 1 aromatic heterocycles. The van der Waals surface area contributed by atoms with E-state index in [1.165, 1.54) is 6.07 Å². The molecule has 116 valence electrons. The number of nitrogens with zero attached hydrogens (tertiary/aromatic N) is 1. The molecule has 0 saturated carbocycles. The van der Waals surface area contributed by atoms with E-state index in [-0.39, 0.29) is 23.8 Å². The highest BCUT2D eigenvalue weighted by Crippen LogP contribution is 2.10. The Labute approximate surface area is 128 Å². The molecule has 0 saturated heterocycles. The third-order valence-electron chi connectivity index (χ3n) is 3.48. The first kappa shape index (κ1) is 15.8. The van der Waals surface area contributed by atoms with Gasteiger partial charge in [0.25, 0.3) is 0 Å². The minimum atomic E-state index is -0.389. The molecule has 22 heavy (non-hydrogen) atoms. The van der Waals surface area contributed by atoms with E-state index in [1.807, 2.05) is 19.1 Å². The van der Waals surface area contributed by atoms with Gasteiger partial charge in [-0.25, -0.2) is 4.79 Å². The number of carbonyl (C=O) groups excluding carboxylic acids is 1. The van der Waals surface area contributed by atoms with Crippen LogP contribution in [0.5, 0.6) is 5.75 Å². The van der Waals surface area contributed by atoms with E-state index in [0.29, 0.717) is 24.2 Å². The van der Waals surface area contributed by atoms with Gasteiger partial charge in [0, 0.05) is 18.8 Å². The number of carbonyl (C=O) groups is 1. The number of rotatable bonds is 5. The molecule has 0 bridgehead atoms. The third-order valence-corrected chi connectivity index (χ3v) is 3.48. The average Bonchev–Trinajstić information content (AvgIpc) is 2.51. The molecule has 0 atom stereocenters. The van der Waals surface area contributed by atoms with Crippen molar-refractivity contribution < 1.29 is 14.6 Å². The Bertz CT molecular complexity index is 716. The minimum absolute atomic E-state index is 0.237. The molecule has 0 fully saturated rings. The summed E-state index contributed by atoms with van der Waals surface area (Å²) in [6.07, 6.45) is 2.22. The molecular weight excluding hydrogens is 282 g/mol. The van der Waals surface area contributed by atoms with Crippen LogP contribution in [-0.2, 0) is 11.3 Å². The van der Waals surface area contributed by atoms with Gasteiger partial charge in [-0.05, 0) is 32.4 Å². The smallest absolute Gasteiger partial charge is 0.338 e. The SMILES string of the molecule is Cc1ccc(C(=O)OCCCn2ccc(=O)c(O)c2C)cc1. The summed E-state index contributed by atoms with van der Waals surface area (Å²) < 4.78 is 6.97. The summed E-state index contributed by atoms with van der Waals surface area (Å²) in [6, 6.07) is 8.52. The molecule has 2 rings (SSSR count). The lowest BCUT2D eigenvalue weighted by molar-refractivity contribution is 0.0495. The van der Waals surface area contributed by atoms with Crippen molar-refractivity contribution in [1.82, 2.24) is 4.57 Å². The van der Waals surface area contributed by atoms with Crippen LogP contribution in [0.25, 0.3) is 0 Å². The quantitative estimate of drug-likeness (QED) is 0.680. The van der Waals surface area contributed by atoms with Gasteiger partial charge < -0.3 is 14.4 Å². The maximum atomic E-state index is 11.8. The summed E-state index contributed by atoms with van der Waals surface area (Å²) >= 11 is 0. The van der Waals surface area contributed by atoms with Crippen molar-refractivity contribution in [2.75, 3.05) is 6.61 Å². The number of hydrogen-bond donors (Lipinski definition) is 1. The predicted molar refractivity (Wildman–Crippen MR) is 83.2 cm³/mol. The molecule has 5 nitrogen and oxygen atoms in total. The molecule has 0 amide bonds. The second-order valence-corrected chi connectivity index (χ2v) is 5.16. The summed E-state index contributed by atoms with van der Waals surface area (Å²) in [4.78, 5) is 23.1. The van der Waals surface area contributed by atoms with Gasteiger partial charge in [0.15, 0.2) is 5.75 Å². The first-order valence-electron chi connectivity index (χ1n) is 7.12. The molecular formula is C17H19NO4. The lowest BCUT2D eigenvalue weighted by atomic mass is 10.1. The molecule has 0 aliphatic heterocycles. The van der Waals surface area contributed by atoms with Crippen molar-refractivity contribution >= 4 is 5.97 Å². The van der Waals surface area contributed by atoms with Gasteiger partial charge in [-0.2, -0.15) is 0 Å². The first-order chi connectivity index (χ1) is 10.5. The van der Waals surface area contributed by atoms with Crippen LogP contribution in [-0.4, -0.2) is 22.2 Å². The maximum absolute atomic E-state index is 11.8. The van der Waals surface area contributed by atoms with Crippen LogP contribution in [0.4, 0.5) is 0 Å². The highest BCUT2D eigenvalue weighted by Gasteiger charge is 2.07. The van der Waals surface area contributed by atoms with Gasteiger partial charge >= 0.3 is 5.97 Å². The summed E-state index contributed by atoms with van der Waals surface area (Å²) in [5.74, 6) is -0.585. The molecule has 0 aliphatic rings. The first-order valence-corrected chi connectivity index (χ1v) is 7.12. The van der Waals surface area contributed by atoms with E-state index >= 15 is 0 Å². The summed E-state index contributed by atoms with van der Waals surface area (Å²) in [5.41, 5.74) is 1.74. The van der Waals surface area contributed by atoms with Gasteiger partial charge in [-0.15, -0.1) is 0 Å². The van der Waals surface area contributed by atoms with E-state index in [4.69, 9.17) is 4.74 Å². The average molecular weight is 301 g/mol. The molecule has 0 unspecified atom stereocenters. The fourth-order valence-corrected chi connectivity index (χ4v) is 2.08. The van der Waals surface area contributed by atoms with Crippen molar-refractivity contribution in [2.45, 2.75) is 26.8 Å². The Hall–Kier alpha value is -2.56. The number of esters is 1. The van der Waals surface area contributed by atoms with Crippen LogP contribution in [0.3, 0.4) is 0 Å². The summed E-state index contributed by atoms with van der Waals surface area (Å²) in [5, 5.41) is 9.58. The zero-order valence-electron chi connectivity index (χ0n) is 12.7. The Morgan fingerprint density at radius 1 is 1.18 bits per heavy atom. The number of aromatic nitrogens is 1. The molecule has 0 radical (unpaired) electrons. The van der Waals surface area contributed by atoms with Crippen molar-refractivity contribution in [3.63, 3.8) is 0 Å². The highest BCUT2D eigenvalue weighted by atomic mass is 16.5. The molecule has 2 aromatic rings. The van der Waals surface area contributed by atoms with E-state index in [9.17, 15) is 14.7 Å². The zero-order chi connectivity index (χ0) is 16.1. The predicted octanol–water partition coefficient (Wildman–Crippen LogP) is 2.42. The second-order valence-electron chi connectivity index (χ2n) is 5.16. The number of ether oxygens (including phenoxy) is 1. The van der Waals surface area contributed by atoms with Gasteiger partial charge in [0.2, 0.25) is 5.43 Å². The molecule has 0 aliphatic carbocycles. The normalized spacial score (nSPS) is 10.5. The molecule has 1 aromatic carbocycles. The van der Waals surface area contributed by atoms with Crippen LogP contribution in [0, 0.1) is 13.8 Å². The van der Waals surface area contributed by atoms with Crippen LogP contribution < -0.4 is 5.43 Å². The zero-order valence-corrected chi connectivity index (χ0v) is 12.7. The van der Waals surface area contributed by atoms with E-state index in [2.05, 4.69) is 0 Å². The largest absolute Gasteiger partial charge is 0.503 e. The Kier molecular flexibility index (Phi) is 4.99. The van der Waals surface area contributed by atoms with E-state index in [1.54, 1.807) is 29.8 Å². The Morgan fingerprint density at radius 2 is 1.86 bits per heavy atom. The Morgan fingerprint density at radius 3 is 2.55 bits per heavy atom. The maximum Gasteiger partial charge on any atom is 0.338 e. The molecule has 0 spiro atoms. The number of aryl methyl sites for hydroxylation is 2. The number of benzene rings is 1. The summed E-state index contributed by atoms with van der Waals surface area (Å²) in [7, 11) is 0. The van der Waals surface area contributed by atoms with Gasteiger partial charge in [0.1, 0.15) is 0 Å². The van der Waals surface area contributed by atoms with Gasteiger partial charge in [-0.1, -0.05) is 17.7 Å². The minimum Gasteiger partial charge on any atom is -0.503 e. The molecule has 5 heteroatoms. The van der Waals surface area contributed by atoms with Crippen molar-refractivity contribution in [1.29, 1.82) is 0 Å². The second kappa shape index (κ2) is 6.93. The van der Waals surface area contributed by atoms with E-state index in [0.717, 1.165) is 5.56 Å². The highest BCUT2D eigenvalue weighted by molar-refractivity contribution is 5.89. The fraction of sp³-hybridized carbons (Fsp3) is 0.294. The van der Waals surface area contributed by atoms with Gasteiger partial charge in [-0.3, -0.25) is 4.79 Å². The standard InChI is InChI=1S/C17H19NO4/c1-12-4-6-14(7-5-12)17(21)22-11-3-9-18-10-8-15(19)16(20)13(18)2/h4-8,10,20H,3,9,11H2,1-2H3. The van der Waals surface area contributed by atoms with Crippen LogP contribution in [0.2, 0.25) is 0 Å². The van der Waals surface area contributed by atoms with Crippen LogP contribution >= 0.6 is 0 Å². The lowest BCUT2D eigenvalue weighted by Gasteiger charge is -2.11. The summed E-state index contributed by atoms with van der Waals surface area (Å²) in [6.45, 7) is 4.46. The molecule has 1 N–H and O–H groups in total. The topological polar surface area (TPSA) is 68.5 Å². The van der Waals surface area contributed by atoms with E-state index < -0.39 is 0 Å². The van der Waals surface area contributed by atoms with Crippen LogP contribution in [0.1, 0.15) is 28.0 Å². The van der Waals surface area contributed by atoms with Crippen molar-refractivity contribution in [3.8, 4) is 5.75 Å². The monoisotopic (exact) mass is 301 g/mol. The van der Waals surface area contributed by atoms with Gasteiger partial charge in [0.05, 0.1) is 17.9 Å². The number of hydrogen-bond acceptors (Lipinski definition) is 4. The fourth-order valence-electron chi connectivity index (χ4n) is 2.08. The number of aromatic hydroxyl groups is 1. The molecule has 1 heterocycles. The third kappa shape index (κ3) is 3.75.